The molecule has 3 aliphatic carbocycles. The van der Waals surface area contributed by atoms with Crippen LogP contribution in [0.2, 0.25) is 0 Å². The fraction of sp³-hybridized carbons (Fsp3) is 0.588. The van der Waals surface area contributed by atoms with Crippen molar-refractivity contribution in [1.29, 1.82) is 0 Å². The molecule has 3 aliphatic rings. The summed E-state index contributed by atoms with van der Waals surface area (Å²) in [5, 5.41) is 3.30. The Balaban J connectivity index is 1.37. The molecule has 106 valence electrons. The summed E-state index contributed by atoms with van der Waals surface area (Å²) in [6.45, 7) is 0. The summed E-state index contributed by atoms with van der Waals surface area (Å²) in [6.07, 6.45) is 6.06. The summed E-state index contributed by atoms with van der Waals surface area (Å²) in [7, 11) is 0. The van der Waals surface area contributed by atoms with E-state index in [1.807, 2.05) is 12.1 Å². The van der Waals surface area contributed by atoms with Crippen molar-refractivity contribution in [1.82, 2.24) is 5.32 Å². The van der Waals surface area contributed by atoms with Gasteiger partial charge in [-0.05, 0) is 67.6 Å². The second-order valence-corrected chi connectivity index (χ2v) is 6.71. The molecule has 1 aromatic rings. The van der Waals surface area contributed by atoms with E-state index in [9.17, 15) is 9.18 Å². The van der Waals surface area contributed by atoms with Gasteiger partial charge in [-0.25, -0.2) is 4.39 Å². The smallest absolute Gasteiger partial charge is 0.223 e. The van der Waals surface area contributed by atoms with E-state index in [0.29, 0.717) is 12.0 Å². The molecular weight excluding hydrogens is 253 g/mol. The second kappa shape index (κ2) is 4.57. The summed E-state index contributed by atoms with van der Waals surface area (Å²) in [5.74, 6) is 1.92. The summed E-state index contributed by atoms with van der Waals surface area (Å²) in [5.41, 5.74) is 1.10. The second-order valence-electron chi connectivity index (χ2n) is 6.71. The molecule has 1 aromatic carbocycles. The molecule has 3 saturated carbocycles. The first-order chi connectivity index (χ1) is 9.72. The number of nitrogens with one attached hydrogen (secondary N) is 1. The van der Waals surface area contributed by atoms with Crippen molar-refractivity contribution in [2.24, 2.45) is 17.8 Å². The topological polar surface area (TPSA) is 29.1 Å². The minimum atomic E-state index is -0.210. The maximum Gasteiger partial charge on any atom is 0.223 e. The van der Waals surface area contributed by atoms with E-state index in [1.54, 1.807) is 0 Å². The number of halogens is 1. The van der Waals surface area contributed by atoms with E-state index in [4.69, 9.17) is 0 Å². The number of hydrogen-bond donors (Lipinski definition) is 1. The summed E-state index contributed by atoms with van der Waals surface area (Å²) in [6, 6.07) is 7.04. The quantitative estimate of drug-likeness (QED) is 0.876. The first kappa shape index (κ1) is 12.4. The molecule has 0 heterocycles. The fourth-order valence-corrected chi connectivity index (χ4v) is 3.37. The van der Waals surface area contributed by atoms with Crippen LogP contribution in [0.5, 0.6) is 0 Å². The maximum atomic E-state index is 12.9. The predicted molar refractivity (Wildman–Crippen MR) is 74.6 cm³/mol. The van der Waals surface area contributed by atoms with Gasteiger partial charge < -0.3 is 5.32 Å². The van der Waals surface area contributed by atoms with E-state index >= 15 is 0 Å². The molecular formula is C17H20FNO. The van der Waals surface area contributed by atoms with Gasteiger partial charge in [-0.1, -0.05) is 12.1 Å². The lowest BCUT2D eigenvalue weighted by Crippen LogP contribution is -2.39. The third-order valence-electron chi connectivity index (χ3n) is 4.99. The van der Waals surface area contributed by atoms with Crippen LogP contribution in [0.4, 0.5) is 4.39 Å². The van der Waals surface area contributed by atoms with Crippen molar-refractivity contribution in [2.75, 3.05) is 0 Å². The van der Waals surface area contributed by atoms with Gasteiger partial charge in [0.05, 0.1) is 0 Å². The van der Waals surface area contributed by atoms with Crippen LogP contribution in [-0.2, 0) is 4.79 Å². The van der Waals surface area contributed by atoms with Crippen LogP contribution in [0.3, 0.4) is 0 Å². The lowest BCUT2D eigenvalue weighted by molar-refractivity contribution is -0.123. The fourth-order valence-electron chi connectivity index (χ4n) is 3.37. The number of carbonyl (C=O) groups is 1. The summed E-state index contributed by atoms with van der Waals surface area (Å²) in [4.78, 5) is 12.3. The molecule has 3 fully saturated rings. The average Bonchev–Trinajstić information content (AvgIpc) is 3.27. The first-order valence-corrected chi connectivity index (χ1v) is 7.78. The molecule has 4 rings (SSSR count). The van der Waals surface area contributed by atoms with Crippen LogP contribution in [0.25, 0.3) is 0 Å². The van der Waals surface area contributed by atoms with Crippen molar-refractivity contribution >= 4 is 5.91 Å². The van der Waals surface area contributed by atoms with Gasteiger partial charge >= 0.3 is 0 Å². The Hall–Kier alpha value is -1.38. The lowest BCUT2D eigenvalue weighted by atomic mass is 10.1. The van der Waals surface area contributed by atoms with E-state index < -0.39 is 0 Å². The third kappa shape index (κ3) is 2.46. The third-order valence-corrected chi connectivity index (χ3v) is 4.99. The van der Waals surface area contributed by atoms with Gasteiger partial charge in [0.2, 0.25) is 5.91 Å². The minimum Gasteiger partial charge on any atom is -0.353 e. The summed E-state index contributed by atoms with van der Waals surface area (Å²) >= 11 is 0. The van der Waals surface area contributed by atoms with Crippen LogP contribution in [0.15, 0.2) is 24.3 Å². The minimum absolute atomic E-state index is 0.112. The normalized spacial score (nSPS) is 28.5. The van der Waals surface area contributed by atoms with Gasteiger partial charge in [-0.2, -0.15) is 0 Å². The highest BCUT2D eigenvalue weighted by atomic mass is 19.1. The van der Waals surface area contributed by atoms with Gasteiger partial charge in [0.1, 0.15) is 5.82 Å². The highest BCUT2D eigenvalue weighted by Gasteiger charge is 2.47. The first-order valence-electron chi connectivity index (χ1n) is 7.78. The number of hydrogen-bond acceptors (Lipinski definition) is 1. The Morgan fingerprint density at radius 1 is 1.10 bits per heavy atom. The van der Waals surface area contributed by atoms with Crippen molar-refractivity contribution in [3.05, 3.63) is 35.6 Å². The van der Waals surface area contributed by atoms with Crippen molar-refractivity contribution in [3.63, 3.8) is 0 Å². The summed E-state index contributed by atoms with van der Waals surface area (Å²) < 4.78 is 12.9. The van der Waals surface area contributed by atoms with Crippen molar-refractivity contribution in [2.45, 2.75) is 44.1 Å². The molecule has 0 aromatic heterocycles. The zero-order chi connectivity index (χ0) is 13.7. The molecule has 0 radical (unpaired) electrons. The Kier molecular flexibility index (Phi) is 2.83. The molecule has 2 nitrogen and oxygen atoms in total. The van der Waals surface area contributed by atoms with Gasteiger partial charge in [0, 0.05) is 12.0 Å². The lowest BCUT2D eigenvalue weighted by Gasteiger charge is -2.17. The Labute approximate surface area is 118 Å². The van der Waals surface area contributed by atoms with Gasteiger partial charge in [0.25, 0.3) is 0 Å². The Morgan fingerprint density at radius 2 is 1.70 bits per heavy atom. The van der Waals surface area contributed by atoms with E-state index in [2.05, 4.69) is 5.32 Å². The highest BCUT2D eigenvalue weighted by Crippen LogP contribution is 2.49. The standard InChI is InChI=1S/C17H20FNO/c18-13-7-5-10(6-8-13)14-9-15(14)17(20)19-16(11-1-2-11)12-3-4-12/h5-8,11-12,14-16H,1-4,9H2,(H,19,20)/t14-,15-/m1/s1. The predicted octanol–water partition coefficient (Wildman–Crippen LogP) is 3.23. The molecule has 0 aliphatic heterocycles. The van der Waals surface area contributed by atoms with Crippen LogP contribution < -0.4 is 5.32 Å². The monoisotopic (exact) mass is 273 g/mol. The van der Waals surface area contributed by atoms with E-state index in [1.165, 1.54) is 37.8 Å². The number of benzene rings is 1. The molecule has 0 saturated heterocycles. The molecule has 2 atom stereocenters. The molecule has 0 unspecified atom stereocenters. The van der Waals surface area contributed by atoms with Gasteiger partial charge in [0.15, 0.2) is 0 Å². The Bertz CT molecular complexity index is 506. The van der Waals surface area contributed by atoms with Crippen LogP contribution in [-0.4, -0.2) is 11.9 Å². The largest absolute Gasteiger partial charge is 0.353 e. The van der Waals surface area contributed by atoms with E-state index in [-0.39, 0.29) is 17.6 Å². The SMILES string of the molecule is O=C(NC(C1CC1)C1CC1)[C@@H]1C[C@@H]1c1ccc(F)cc1. The van der Waals surface area contributed by atoms with Gasteiger partial charge in [-0.15, -0.1) is 0 Å². The van der Waals surface area contributed by atoms with Crippen LogP contribution in [0, 0.1) is 23.6 Å². The van der Waals surface area contributed by atoms with Crippen LogP contribution >= 0.6 is 0 Å². The molecule has 1 N–H and O–H groups in total. The molecule has 0 spiro atoms. The number of rotatable bonds is 5. The molecule has 3 heteroatoms. The highest BCUT2D eigenvalue weighted by molar-refractivity contribution is 5.83. The zero-order valence-corrected chi connectivity index (χ0v) is 11.5. The molecule has 0 bridgehead atoms. The Morgan fingerprint density at radius 3 is 2.25 bits per heavy atom. The molecule has 20 heavy (non-hydrogen) atoms. The molecule has 1 amide bonds. The maximum absolute atomic E-state index is 12.9. The number of carbonyl (C=O) groups excluding carboxylic acids is 1. The van der Waals surface area contributed by atoms with E-state index in [0.717, 1.165) is 23.8 Å². The number of amides is 1. The van der Waals surface area contributed by atoms with Crippen LogP contribution in [0.1, 0.15) is 43.6 Å². The zero-order valence-electron chi connectivity index (χ0n) is 11.5. The average molecular weight is 273 g/mol. The van der Waals surface area contributed by atoms with Crippen molar-refractivity contribution < 1.29 is 9.18 Å². The van der Waals surface area contributed by atoms with Crippen molar-refractivity contribution in [3.8, 4) is 0 Å². The van der Waals surface area contributed by atoms with Gasteiger partial charge in [-0.3, -0.25) is 4.79 Å².